The van der Waals surface area contributed by atoms with Crippen LogP contribution < -0.4 is 0 Å². The van der Waals surface area contributed by atoms with E-state index in [1.54, 1.807) is 12.1 Å². The first-order chi connectivity index (χ1) is 5.80. The molecule has 3 heteroatoms. The van der Waals surface area contributed by atoms with E-state index in [4.69, 9.17) is 23.2 Å². The fourth-order valence-electron chi connectivity index (χ4n) is 0.697. The number of rotatable bonds is 0. The molecule has 0 saturated carbocycles. The number of hydrogen-bond donors (Lipinski definition) is 0. The second kappa shape index (κ2) is 7.20. The molecule has 0 amide bonds. The summed E-state index contributed by atoms with van der Waals surface area (Å²) in [6.07, 6.45) is 0. The Hall–Kier alpha value is -0.226. The minimum Gasteiger partial charge on any atom is -0.214 e. The van der Waals surface area contributed by atoms with Crippen molar-refractivity contribution in [1.82, 2.24) is 0 Å². The fourth-order valence-corrected chi connectivity index (χ4v) is 0.969. The van der Waals surface area contributed by atoms with Crippen molar-refractivity contribution in [3.63, 3.8) is 0 Å². The summed E-state index contributed by atoms with van der Waals surface area (Å²) in [4.78, 5) is 0. The van der Waals surface area contributed by atoms with Gasteiger partial charge in [0.15, 0.2) is 0 Å². The molecule has 2 aromatic rings. The van der Waals surface area contributed by atoms with Gasteiger partial charge in [-0.1, -0.05) is 10.0 Å². The molecule has 0 spiro atoms. The second-order valence-corrected chi connectivity index (χ2v) is 3.00. The van der Waals surface area contributed by atoms with E-state index in [1.807, 2.05) is 36.4 Å². The van der Waals surface area contributed by atoms with Crippen LogP contribution >= 0.6 is 23.2 Å². The van der Waals surface area contributed by atoms with Gasteiger partial charge in [-0.3, -0.25) is 0 Å². The quantitative estimate of drug-likeness (QED) is 0.492. The van der Waals surface area contributed by atoms with Crippen LogP contribution in [0.25, 0.3) is 0 Å². The van der Waals surface area contributed by atoms with E-state index < -0.39 is 0 Å². The van der Waals surface area contributed by atoms with Gasteiger partial charge in [0, 0.05) is 0 Å². The molecule has 13 heavy (non-hydrogen) atoms. The van der Waals surface area contributed by atoms with E-state index in [9.17, 15) is 0 Å². The molecular weight excluding hydrogens is 250 g/mol. The Labute approximate surface area is 98.1 Å². The molecule has 2 rings (SSSR count). The van der Waals surface area contributed by atoms with Gasteiger partial charge < -0.3 is 0 Å². The molecule has 0 heterocycles. The van der Waals surface area contributed by atoms with Crippen molar-refractivity contribution in [2.24, 2.45) is 0 Å². The average Bonchev–Trinajstić information content (AvgIpc) is 2.67. The van der Waals surface area contributed by atoms with Crippen LogP contribution in [0.2, 0.25) is 10.0 Å². The van der Waals surface area contributed by atoms with Gasteiger partial charge in [0.2, 0.25) is 0 Å². The van der Waals surface area contributed by atoms with Crippen molar-refractivity contribution in [1.29, 1.82) is 0 Å². The van der Waals surface area contributed by atoms with Gasteiger partial charge in [0.05, 0.1) is 0 Å². The zero-order valence-corrected chi connectivity index (χ0v) is 9.19. The fraction of sp³-hybridized carbons (Fsp3) is 0. The Morgan fingerprint density at radius 1 is 1.15 bits per heavy atom. The molecule has 0 atom stereocenters. The topological polar surface area (TPSA) is 0 Å². The van der Waals surface area contributed by atoms with E-state index in [2.05, 4.69) is 0 Å². The van der Waals surface area contributed by atoms with Gasteiger partial charge in [-0.05, 0) is 0 Å². The first kappa shape index (κ1) is 12.8. The van der Waals surface area contributed by atoms with E-state index in [0.717, 1.165) is 0 Å². The Bertz CT molecular complexity index is 265. The maximum Gasteiger partial charge on any atom is 2.00 e. The predicted octanol–water partition coefficient (Wildman–Crippen LogP) is 4.12. The summed E-state index contributed by atoms with van der Waals surface area (Å²) >= 11 is 11.0. The van der Waals surface area contributed by atoms with Crippen LogP contribution in [0, 0.1) is 0 Å². The van der Waals surface area contributed by atoms with Crippen LogP contribution in [-0.2, 0) is 16.5 Å². The molecule has 0 aliphatic rings. The summed E-state index contributed by atoms with van der Waals surface area (Å²) in [6.45, 7) is 0. The normalized spacial score (nSPS) is 8.15. The third-order valence-corrected chi connectivity index (χ3v) is 2.02. The van der Waals surface area contributed by atoms with Crippen molar-refractivity contribution in [3.05, 3.63) is 58.6 Å². The number of halogens is 2. The maximum absolute atomic E-state index is 5.49. The van der Waals surface area contributed by atoms with E-state index in [1.165, 1.54) is 0 Å². The van der Waals surface area contributed by atoms with Crippen LogP contribution in [-0.4, -0.2) is 0 Å². The summed E-state index contributed by atoms with van der Waals surface area (Å²) in [5.74, 6) is 0. The molecule has 2 aromatic carbocycles. The molecule has 0 aromatic heterocycles. The minimum atomic E-state index is 0. The molecule has 0 radical (unpaired) electrons. The van der Waals surface area contributed by atoms with Crippen molar-refractivity contribution >= 4 is 23.2 Å². The largest absolute Gasteiger partial charge is 2.00 e. The van der Waals surface area contributed by atoms with E-state index in [0.29, 0.717) is 10.0 Å². The SMILES string of the molecule is Clc1ccc[c-]1Cl.[Ni+2].c1cc[cH-]c1. The Kier molecular flexibility index (Phi) is 7.08. The van der Waals surface area contributed by atoms with Gasteiger partial charge in [-0.15, -0.1) is 11.6 Å². The molecule has 0 bridgehead atoms. The summed E-state index contributed by atoms with van der Waals surface area (Å²) in [6, 6.07) is 15.3. The maximum atomic E-state index is 5.49. The molecule has 0 fully saturated rings. The molecule has 0 aliphatic heterocycles. The first-order valence-electron chi connectivity index (χ1n) is 3.54. The Morgan fingerprint density at radius 3 is 1.92 bits per heavy atom. The standard InChI is InChI=1S/C5H3Cl2.C5H5.Ni/c6-4-2-1-3-5(4)7;1-2-4-5-3-1;/h1-3H;1-5H;/q2*-1;+2. The van der Waals surface area contributed by atoms with Crippen LogP contribution in [0.3, 0.4) is 0 Å². The van der Waals surface area contributed by atoms with E-state index in [-0.39, 0.29) is 16.5 Å². The summed E-state index contributed by atoms with van der Waals surface area (Å²) in [5, 5.41) is 1.25. The van der Waals surface area contributed by atoms with Crippen molar-refractivity contribution < 1.29 is 16.5 Å². The smallest absolute Gasteiger partial charge is 0.214 e. The van der Waals surface area contributed by atoms with Crippen LogP contribution in [0.15, 0.2) is 48.5 Å². The minimum absolute atomic E-state index is 0. The Morgan fingerprint density at radius 2 is 1.77 bits per heavy atom. The second-order valence-electron chi connectivity index (χ2n) is 2.18. The predicted molar refractivity (Wildman–Crippen MR) is 54.1 cm³/mol. The first-order valence-corrected chi connectivity index (χ1v) is 4.29. The van der Waals surface area contributed by atoms with Gasteiger partial charge in [-0.2, -0.15) is 41.9 Å². The molecule has 0 N–H and O–H groups in total. The average molecular weight is 258 g/mol. The van der Waals surface area contributed by atoms with E-state index >= 15 is 0 Å². The zero-order valence-electron chi connectivity index (χ0n) is 6.69. The van der Waals surface area contributed by atoms with Crippen LogP contribution in [0.5, 0.6) is 0 Å². The van der Waals surface area contributed by atoms with Gasteiger partial charge in [0.1, 0.15) is 0 Å². The molecule has 0 aliphatic carbocycles. The third-order valence-electron chi connectivity index (χ3n) is 1.27. The van der Waals surface area contributed by atoms with Crippen LogP contribution in [0.1, 0.15) is 0 Å². The molecule has 0 nitrogen and oxygen atoms in total. The van der Waals surface area contributed by atoms with Crippen LogP contribution in [0.4, 0.5) is 0 Å². The summed E-state index contributed by atoms with van der Waals surface area (Å²) < 4.78 is 0. The number of hydrogen-bond acceptors (Lipinski definition) is 0. The zero-order chi connectivity index (χ0) is 8.81. The van der Waals surface area contributed by atoms with Gasteiger partial charge in [-0.25, -0.2) is 18.2 Å². The summed E-state index contributed by atoms with van der Waals surface area (Å²) in [7, 11) is 0. The monoisotopic (exact) mass is 256 g/mol. The third kappa shape index (κ3) is 5.15. The summed E-state index contributed by atoms with van der Waals surface area (Å²) in [5.41, 5.74) is 0. The van der Waals surface area contributed by atoms with Crippen molar-refractivity contribution in [2.45, 2.75) is 0 Å². The molecule has 0 unspecified atom stereocenters. The molecule has 72 valence electrons. The molecule has 0 saturated heterocycles. The van der Waals surface area contributed by atoms with Crippen molar-refractivity contribution in [2.75, 3.05) is 0 Å². The Balaban J connectivity index is 0.000000215. The van der Waals surface area contributed by atoms with Gasteiger partial charge in [0.25, 0.3) is 0 Å². The van der Waals surface area contributed by atoms with Gasteiger partial charge >= 0.3 is 16.5 Å². The van der Waals surface area contributed by atoms with Crippen molar-refractivity contribution in [3.8, 4) is 0 Å². The molecular formula is C10H8Cl2Ni.